The molecule has 1 heterocycles. The minimum atomic E-state index is -3.54. The van der Waals surface area contributed by atoms with Gasteiger partial charge in [0, 0.05) is 17.0 Å². The van der Waals surface area contributed by atoms with Crippen LogP contribution in [0.2, 0.25) is 0 Å². The molecule has 0 fully saturated rings. The average Bonchev–Trinajstić information content (AvgIpc) is 3.02. The van der Waals surface area contributed by atoms with Crippen molar-refractivity contribution in [3.05, 3.63) is 64.7 Å². The van der Waals surface area contributed by atoms with Crippen molar-refractivity contribution in [3.63, 3.8) is 0 Å². The fraction of sp³-hybridized carbons (Fsp3) is 0.250. The molecular weight excluding hydrogens is 380 g/mol. The maximum atomic E-state index is 12.4. The minimum Gasteiger partial charge on any atom is -0.497 e. The Morgan fingerprint density at radius 1 is 1.11 bits per heavy atom. The van der Waals surface area contributed by atoms with Crippen LogP contribution in [-0.4, -0.2) is 27.1 Å². The van der Waals surface area contributed by atoms with Crippen molar-refractivity contribution < 1.29 is 13.2 Å². The predicted octanol–water partition coefficient (Wildman–Crippen LogP) is 3.96. The molecule has 1 N–H and O–H groups in total. The summed E-state index contributed by atoms with van der Waals surface area (Å²) in [7, 11) is -1.99. The quantitative estimate of drug-likeness (QED) is 0.650. The molecule has 27 heavy (non-hydrogen) atoms. The molecule has 5 nitrogen and oxygen atoms in total. The van der Waals surface area contributed by atoms with Crippen LogP contribution in [0.4, 0.5) is 0 Å². The molecule has 2 aromatic carbocycles. The highest BCUT2D eigenvalue weighted by atomic mass is 32.2. The molecule has 0 aliphatic rings. The molecule has 0 amide bonds. The van der Waals surface area contributed by atoms with E-state index < -0.39 is 10.0 Å². The summed E-state index contributed by atoms with van der Waals surface area (Å²) in [6, 6.07) is 14.6. The first kappa shape index (κ1) is 19.5. The van der Waals surface area contributed by atoms with Gasteiger partial charge in [0.15, 0.2) is 0 Å². The summed E-state index contributed by atoms with van der Waals surface area (Å²) in [5.74, 6) is 0.623. The van der Waals surface area contributed by atoms with Crippen LogP contribution in [-0.2, 0) is 16.4 Å². The van der Waals surface area contributed by atoms with E-state index in [4.69, 9.17) is 4.74 Å². The molecule has 0 saturated carbocycles. The third kappa shape index (κ3) is 4.74. The number of aromatic nitrogens is 1. The van der Waals surface area contributed by atoms with Crippen molar-refractivity contribution >= 4 is 21.4 Å². The number of benzene rings is 2. The second-order valence-electron chi connectivity index (χ2n) is 6.22. The van der Waals surface area contributed by atoms with Crippen molar-refractivity contribution in [1.29, 1.82) is 0 Å². The molecule has 0 saturated heterocycles. The third-order valence-electron chi connectivity index (χ3n) is 4.17. The monoisotopic (exact) mass is 402 g/mol. The summed E-state index contributed by atoms with van der Waals surface area (Å²) < 4.78 is 32.5. The number of hydrogen-bond acceptors (Lipinski definition) is 5. The summed E-state index contributed by atoms with van der Waals surface area (Å²) in [4.78, 5) is 5.96. The van der Waals surface area contributed by atoms with Gasteiger partial charge in [0.05, 0.1) is 17.7 Å². The summed E-state index contributed by atoms with van der Waals surface area (Å²) >= 11 is 1.61. The number of methoxy groups -OCH3 is 1. The molecule has 0 atom stereocenters. The number of sulfonamides is 1. The Morgan fingerprint density at radius 3 is 2.52 bits per heavy atom. The Morgan fingerprint density at radius 2 is 1.85 bits per heavy atom. The van der Waals surface area contributed by atoms with Gasteiger partial charge in [-0.2, -0.15) is 0 Å². The molecule has 0 bridgehead atoms. The standard InChI is InChI=1S/C20H22N2O3S2/c1-14-5-4-6-16(13-14)20-22-15(2)19(26-20)11-12-21-27(23,24)18-9-7-17(25-3)8-10-18/h4-10,13,21H,11-12H2,1-3H3. The smallest absolute Gasteiger partial charge is 0.240 e. The third-order valence-corrected chi connectivity index (χ3v) is 6.91. The van der Waals surface area contributed by atoms with Crippen molar-refractivity contribution in [3.8, 4) is 16.3 Å². The molecule has 0 unspecified atom stereocenters. The highest BCUT2D eigenvalue weighted by Crippen LogP contribution is 2.28. The average molecular weight is 403 g/mol. The first-order valence-corrected chi connectivity index (χ1v) is 10.9. The lowest BCUT2D eigenvalue weighted by molar-refractivity contribution is 0.414. The van der Waals surface area contributed by atoms with E-state index in [1.807, 2.05) is 19.1 Å². The molecule has 1 aromatic heterocycles. The number of rotatable bonds is 7. The Labute approximate surface area is 164 Å². The molecule has 142 valence electrons. The second-order valence-corrected chi connectivity index (χ2v) is 9.07. The first-order chi connectivity index (χ1) is 12.9. The van der Waals surface area contributed by atoms with E-state index in [1.54, 1.807) is 30.6 Å². The van der Waals surface area contributed by atoms with Gasteiger partial charge in [-0.25, -0.2) is 18.1 Å². The van der Waals surface area contributed by atoms with E-state index in [-0.39, 0.29) is 4.90 Å². The number of hydrogen-bond donors (Lipinski definition) is 1. The summed E-state index contributed by atoms with van der Waals surface area (Å²) in [6.07, 6.45) is 0.602. The first-order valence-electron chi connectivity index (χ1n) is 8.56. The van der Waals surface area contributed by atoms with Crippen molar-refractivity contribution in [2.75, 3.05) is 13.7 Å². The Hall–Kier alpha value is -2.22. The van der Waals surface area contributed by atoms with Gasteiger partial charge in [0.25, 0.3) is 0 Å². The fourth-order valence-corrected chi connectivity index (χ4v) is 4.79. The Balaban J connectivity index is 1.66. The largest absolute Gasteiger partial charge is 0.497 e. The molecule has 0 aliphatic carbocycles. The van der Waals surface area contributed by atoms with Gasteiger partial charge in [0.1, 0.15) is 10.8 Å². The highest BCUT2D eigenvalue weighted by molar-refractivity contribution is 7.89. The molecule has 3 aromatic rings. The SMILES string of the molecule is COc1ccc(S(=O)(=O)NCCc2sc(-c3cccc(C)c3)nc2C)cc1. The topological polar surface area (TPSA) is 68.3 Å². The van der Waals surface area contributed by atoms with Gasteiger partial charge >= 0.3 is 0 Å². The number of nitrogens with one attached hydrogen (secondary N) is 1. The summed E-state index contributed by atoms with van der Waals surface area (Å²) in [6.45, 7) is 4.34. The van der Waals surface area contributed by atoms with Crippen molar-refractivity contribution in [2.24, 2.45) is 0 Å². The van der Waals surface area contributed by atoms with Crippen molar-refractivity contribution in [1.82, 2.24) is 9.71 Å². The van der Waals surface area contributed by atoms with Gasteiger partial charge in [-0.3, -0.25) is 0 Å². The Bertz CT molecular complexity index is 1030. The number of thiazole rings is 1. The molecule has 3 rings (SSSR count). The lowest BCUT2D eigenvalue weighted by Crippen LogP contribution is -2.25. The summed E-state index contributed by atoms with van der Waals surface area (Å²) in [5.41, 5.74) is 3.22. The van der Waals surface area contributed by atoms with Gasteiger partial charge in [0.2, 0.25) is 10.0 Å². The van der Waals surface area contributed by atoms with Crippen LogP contribution in [0.3, 0.4) is 0 Å². The number of aryl methyl sites for hydroxylation is 2. The fourth-order valence-electron chi connectivity index (χ4n) is 2.70. The highest BCUT2D eigenvalue weighted by Gasteiger charge is 2.15. The molecule has 0 aliphatic heterocycles. The van der Waals surface area contributed by atoms with Gasteiger partial charge in [-0.05, 0) is 50.6 Å². The maximum Gasteiger partial charge on any atom is 0.240 e. The second kappa shape index (κ2) is 8.21. The van der Waals surface area contributed by atoms with Crippen molar-refractivity contribution in [2.45, 2.75) is 25.2 Å². The van der Waals surface area contributed by atoms with E-state index in [9.17, 15) is 8.42 Å². The van der Waals surface area contributed by atoms with E-state index >= 15 is 0 Å². The molecule has 7 heteroatoms. The van der Waals surface area contributed by atoms with Gasteiger partial charge in [-0.15, -0.1) is 11.3 Å². The minimum absolute atomic E-state index is 0.227. The molecule has 0 spiro atoms. The lowest BCUT2D eigenvalue weighted by atomic mass is 10.1. The summed E-state index contributed by atoms with van der Waals surface area (Å²) in [5, 5.41) is 0.962. The maximum absolute atomic E-state index is 12.4. The molecule has 0 radical (unpaired) electrons. The van der Waals surface area contributed by atoms with E-state index in [1.165, 1.54) is 17.7 Å². The zero-order chi connectivity index (χ0) is 19.4. The van der Waals surface area contributed by atoms with Crippen LogP contribution in [0.25, 0.3) is 10.6 Å². The van der Waals surface area contributed by atoms with Crippen LogP contribution in [0.1, 0.15) is 16.1 Å². The lowest BCUT2D eigenvalue weighted by Gasteiger charge is -2.07. The van der Waals surface area contributed by atoms with E-state index in [0.29, 0.717) is 18.7 Å². The van der Waals surface area contributed by atoms with Crippen LogP contribution in [0, 0.1) is 13.8 Å². The van der Waals surface area contributed by atoms with E-state index in [2.05, 4.69) is 28.8 Å². The van der Waals surface area contributed by atoms with Gasteiger partial charge in [-0.1, -0.05) is 23.8 Å². The number of ether oxygens (including phenoxy) is 1. The zero-order valence-corrected chi connectivity index (χ0v) is 17.2. The van der Waals surface area contributed by atoms with Crippen LogP contribution >= 0.6 is 11.3 Å². The zero-order valence-electron chi connectivity index (χ0n) is 15.5. The van der Waals surface area contributed by atoms with Crippen LogP contribution in [0.5, 0.6) is 5.75 Å². The molecular formula is C20H22N2O3S2. The number of nitrogens with zero attached hydrogens (tertiary/aromatic N) is 1. The van der Waals surface area contributed by atoms with Gasteiger partial charge < -0.3 is 4.74 Å². The Kier molecular flexibility index (Phi) is 5.94. The van der Waals surface area contributed by atoms with Crippen LogP contribution in [0.15, 0.2) is 53.4 Å². The predicted molar refractivity (Wildman–Crippen MR) is 109 cm³/mol. The van der Waals surface area contributed by atoms with E-state index in [0.717, 1.165) is 21.1 Å². The normalized spacial score (nSPS) is 11.5. The van der Waals surface area contributed by atoms with Crippen LogP contribution < -0.4 is 9.46 Å².